The van der Waals surface area contributed by atoms with Gasteiger partial charge in [-0.3, -0.25) is 4.79 Å². The first-order valence-corrected chi connectivity index (χ1v) is 8.98. The molecular weight excluding hydrogens is 306 g/mol. The summed E-state index contributed by atoms with van der Waals surface area (Å²) >= 11 is 0. The zero-order chi connectivity index (χ0) is 18.3. The normalized spacial score (nSPS) is 16.1. The minimum atomic E-state index is -0.553. The Hall–Kier alpha value is -1.30. The number of carbonyl (C=O) groups is 2. The van der Waals surface area contributed by atoms with E-state index >= 15 is 0 Å². The minimum Gasteiger partial charge on any atom is -0.444 e. The Morgan fingerprint density at radius 3 is 2.08 bits per heavy atom. The van der Waals surface area contributed by atoms with Crippen molar-refractivity contribution in [2.45, 2.75) is 64.5 Å². The second kappa shape index (κ2) is 9.25. The van der Waals surface area contributed by atoms with E-state index in [0.29, 0.717) is 12.6 Å². The van der Waals surface area contributed by atoms with Crippen LogP contribution >= 0.6 is 0 Å². The third-order valence-corrected chi connectivity index (χ3v) is 4.49. The Bertz CT molecular complexity index is 414. The largest absolute Gasteiger partial charge is 0.444 e. The average Bonchev–Trinajstić information content (AvgIpc) is 2.51. The quantitative estimate of drug-likeness (QED) is 0.745. The molecule has 1 rings (SSSR count). The molecule has 1 aliphatic rings. The predicted molar refractivity (Wildman–Crippen MR) is 96.0 cm³/mol. The Kier molecular flexibility index (Phi) is 8.00. The lowest BCUT2D eigenvalue weighted by Crippen LogP contribution is -2.44. The molecule has 0 aliphatic heterocycles. The Morgan fingerprint density at radius 2 is 1.54 bits per heavy atom. The molecule has 0 atom stereocenters. The molecule has 0 aromatic heterocycles. The number of amides is 2. The van der Waals surface area contributed by atoms with Gasteiger partial charge in [-0.1, -0.05) is 19.3 Å². The van der Waals surface area contributed by atoms with E-state index in [-0.39, 0.29) is 12.5 Å². The molecule has 1 fully saturated rings. The smallest absolute Gasteiger partial charge is 0.410 e. The van der Waals surface area contributed by atoms with Crippen molar-refractivity contribution >= 4 is 12.0 Å². The molecule has 6 nitrogen and oxygen atoms in total. The fraction of sp³-hybridized carbons (Fsp3) is 0.889. The van der Waals surface area contributed by atoms with E-state index in [1.807, 2.05) is 20.8 Å². The van der Waals surface area contributed by atoms with E-state index < -0.39 is 11.7 Å². The number of ether oxygens (including phenoxy) is 1. The Labute approximate surface area is 147 Å². The second-order valence-electron chi connectivity index (χ2n) is 7.92. The van der Waals surface area contributed by atoms with E-state index in [9.17, 15) is 9.59 Å². The monoisotopic (exact) mass is 341 g/mol. The predicted octanol–water partition coefficient (Wildman–Crippen LogP) is 2.58. The van der Waals surface area contributed by atoms with E-state index in [2.05, 4.69) is 11.9 Å². The fourth-order valence-corrected chi connectivity index (χ4v) is 2.86. The average molecular weight is 341 g/mol. The highest BCUT2D eigenvalue weighted by atomic mass is 16.6. The van der Waals surface area contributed by atoms with Crippen LogP contribution < -0.4 is 0 Å². The van der Waals surface area contributed by atoms with Crippen LogP contribution in [0.5, 0.6) is 0 Å². The van der Waals surface area contributed by atoms with Crippen LogP contribution in [-0.2, 0) is 9.53 Å². The topological polar surface area (TPSA) is 53.1 Å². The van der Waals surface area contributed by atoms with Crippen LogP contribution in [0, 0.1) is 0 Å². The van der Waals surface area contributed by atoms with Gasteiger partial charge in [0.05, 0.1) is 0 Å². The molecule has 0 aromatic rings. The van der Waals surface area contributed by atoms with Gasteiger partial charge < -0.3 is 19.4 Å². The second-order valence-corrected chi connectivity index (χ2v) is 7.92. The van der Waals surface area contributed by atoms with Crippen LogP contribution in [0.1, 0.15) is 52.9 Å². The maximum atomic E-state index is 12.3. The van der Waals surface area contributed by atoms with Crippen LogP contribution in [0.4, 0.5) is 4.79 Å². The van der Waals surface area contributed by atoms with Crippen molar-refractivity contribution in [1.82, 2.24) is 14.7 Å². The highest BCUT2D eigenvalue weighted by molar-refractivity contribution is 5.82. The highest BCUT2D eigenvalue weighted by Crippen LogP contribution is 2.21. The first-order chi connectivity index (χ1) is 11.1. The molecule has 0 unspecified atom stereocenters. The third kappa shape index (κ3) is 7.51. The van der Waals surface area contributed by atoms with Crippen LogP contribution in [0.25, 0.3) is 0 Å². The molecule has 1 aliphatic carbocycles. The van der Waals surface area contributed by atoms with Gasteiger partial charge in [-0.25, -0.2) is 4.79 Å². The molecule has 0 saturated heterocycles. The fourth-order valence-electron chi connectivity index (χ4n) is 2.86. The molecule has 0 aromatic carbocycles. The summed E-state index contributed by atoms with van der Waals surface area (Å²) < 4.78 is 5.27. The number of hydrogen-bond acceptors (Lipinski definition) is 4. The van der Waals surface area contributed by atoms with Gasteiger partial charge in [-0.05, 0) is 40.7 Å². The lowest BCUT2D eigenvalue weighted by atomic mass is 9.94. The molecule has 0 radical (unpaired) electrons. The molecule has 0 heterocycles. The van der Waals surface area contributed by atoms with Crippen LogP contribution in [0.15, 0.2) is 0 Å². The number of likely N-dealkylation sites (N-methyl/N-ethyl adjacent to an activating group) is 3. The lowest BCUT2D eigenvalue weighted by Gasteiger charge is -2.32. The molecular formula is C18H35N3O3. The standard InChI is InChI=1S/C18H35N3O3/c1-18(2,3)24-17(23)21(6)14-16(22)20(5)13-12-19(4)15-10-8-7-9-11-15/h15H,7-14H2,1-6H3. The van der Waals surface area contributed by atoms with Gasteiger partial charge in [0.1, 0.15) is 12.1 Å². The van der Waals surface area contributed by atoms with Crippen molar-refractivity contribution in [3.8, 4) is 0 Å². The maximum Gasteiger partial charge on any atom is 0.410 e. The van der Waals surface area contributed by atoms with Gasteiger partial charge in [0.2, 0.25) is 5.91 Å². The molecule has 0 spiro atoms. The van der Waals surface area contributed by atoms with Gasteiger partial charge >= 0.3 is 6.09 Å². The molecule has 24 heavy (non-hydrogen) atoms. The van der Waals surface area contributed by atoms with Crippen LogP contribution in [0.2, 0.25) is 0 Å². The van der Waals surface area contributed by atoms with E-state index in [4.69, 9.17) is 4.74 Å². The van der Waals surface area contributed by atoms with Gasteiger partial charge in [0, 0.05) is 33.2 Å². The third-order valence-electron chi connectivity index (χ3n) is 4.49. The molecule has 0 N–H and O–H groups in total. The summed E-state index contributed by atoms with van der Waals surface area (Å²) in [7, 11) is 5.52. The van der Waals surface area contributed by atoms with Crippen molar-refractivity contribution in [2.24, 2.45) is 0 Å². The number of nitrogens with zero attached hydrogens (tertiary/aromatic N) is 3. The zero-order valence-corrected chi connectivity index (χ0v) is 16.3. The van der Waals surface area contributed by atoms with Crippen molar-refractivity contribution in [1.29, 1.82) is 0 Å². The van der Waals surface area contributed by atoms with Gasteiger partial charge in [-0.2, -0.15) is 0 Å². The highest BCUT2D eigenvalue weighted by Gasteiger charge is 2.23. The van der Waals surface area contributed by atoms with Gasteiger partial charge in [0.15, 0.2) is 0 Å². The molecule has 0 bridgehead atoms. The summed E-state index contributed by atoms with van der Waals surface area (Å²) in [6.07, 6.45) is 6.02. The summed E-state index contributed by atoms with van der Waals surface area (Å²) in [4.78, 5) is 29.6. The van der Waals surface area contributed by atoms with Gasteiger partial charge in [-0.15, -0.1) is 0 Å². The van der Waals surface area contributed by atoms with E-state index in [1.54, 1.807) is 19.0 Å². The number of rotatable bonds is 6. The van der Waals surface area contributed by atoms with E-state index in [0.717, 1.165) is 6.54 Å². The summed E-state index contributed by atoms with van der Waals surface area (Å²) in [5, 5.41) is 0. The summed E-state index contributed by atoms with van der Waals surface area (Å²) in [5.74, 6) is -0.0691. The zero-order valence-electron chi connectivity index (χ0n) is 16.3. The Morgan fingerprint density at radius 1 is 0.958 bits per heavy atom. The van der Waals surface area contributed by atoms with Crippen molar-refractivity contribution in [2.75, 3.05) is 40.8 Å². The minimum absolute atomic E-state index is 0.0402. The summed E-state index contributed by atoms with van der Waals surface area (Å²) in [6, 6.07) is 0.645. The van der Waals surface area contributed by atoms with Crippen molar-refractivity contribution in [3.63, 3.8) is 0 Å². The summed E-state index contributed by atoms with van der Waals surface area (Å²) in [6.45, 7) is 7.02. The number of hydrogen-bond donors (Lipinski definition) is 0. The Balaban J connectivity index is 2.34. The molecule has 6 heteroatoms. The molecule has 2 amide bonds. The van der Waals surface area contributed by atoms with Crippen LogP contribution in [0.3, 0.4) is 0 Å². The maximum absolute atomic E-state index is 12.3. The molecule has 1 saturated carbocycles. The first-order valence-electron chi connectivity index (χ1n) is 8.98. The van der Waals surface area contributed by atoms with Crippen molar-refractivity contribution < 1.29 is 14.3 Å². The summed E-state index contributed by atoms with van der Waals surface area (Å²) in [5.41, 5.74) is -0.553. The number of carbonyl (C=O) groups excluding carboxylic acids is 2. The van der Waals surface area contributed by atoms with Crippen LogP contribution in [-0.4, -0.2) is 79.1 Å². The first kappa shape index (κ1) is 20.7. The van der Waals surface area contributed by atoms with E-state index in [1.165, 1.54) is 37.0 Å². The SMILES string of the molecule is CN(CCN(C)C1CCCCC1)C(=O)CN(C)C(=O)OC(C)(C)C. The lowest BCUT2D eigenvalue weighted by molar-refractivity contribution is -0.131. The van der Waals surface area contributed by atoms with Gasteiger partial charge in [0.25, 0.3) is 0 Å². The molecule has 140 valence electrons. The van der Waals surface area contributed by atoms with Crippen molar-refractivity contribution in [3.05, 3.63) is 0 Å².